The standard InChI is InChI=1S/C24H30ClN3O/c1-16(24-11-18-7-19(12-24)9-20(8-18)13-24)28-23(29)21(14-26)15-27-6-5-17-3-2-4-22(25)10-17/h2-4,10,15-16,18-20,27H,5-9,11-13H2,1H3,(H,28,29)/b21-15-. The van der Waals surface area contributed by atoms with Crippen molar-refractivity contribution in [1.29, 1.82) is 5.26 Å². The summed E-state index contributed by atoms with van der Waals surface area (Å²) >= 11 is 6.00. The summed E-state index contributed by atoms with van der Waals surface area (Å²) in [4.78, 5) is 12.7. The van der Waals surface area contributed by atoms with Crippen LogP contribution in [0.25, 0.3) is 0 Å². The van der Waals surface area contributed by atoms with E-state index in [2.05, 4.69) is 23.6 Å². The summed E-state index contributed by atoms with van der Waals surface area (Å²) in [6.07, 6.45) is 10.2. The zero-order valence-corrected chi connectivity index (χ0v) is 17.8. The monoisotopic (exact) mass is 411 g/mol. The Morgan fingerprint density at radius 3 is 2.52 bits per heavy atom. The maximum atomic E-state index is 12.7. The molecule has 4 aliphatic carbocycles. The third kappa shape index (κ3) is 4.46. The normalized spacial score (nSPS) is 31.2. The molecule has 2 N–H and O–H groups in total. The van der Waals surface area contributed by atoms with E-state index in [0.717, 1.165) is 29.7 Å². The van der Waals surface area contributed by atoms with Crippen LogP contribution in [0, 0.1) is 34.5 Å². The second kappa shape index (κ2) is 8.40. The molecule has 5 rings (SSSR count). The minimum absolute atomic E-state index is 0.117. The van der Waals surface area contributed by atoms with Crippen molar-refractivity contribution in [3.05, 3.63) is 46.6 Å². The van der Waals surface area contributed by atoms with Gasteiger partial charge >= 0.3 is 0 Å². The predicted octanol–water partition coefficient (Wildman–Crippen LogP) is 4.60. The van der Waals surface area contributed by atoms with Gasteiger partial charge in [0.25, 0.3) is 5.91 Å². The van der Waals surface area contributed by atoms with Gasteiger partial charge in [-0.2, -0.15) is 5.26 Å². The van der Waals surface area contributed by atoms with E-state index in [-0.39, 0.29) is 22.9 Å². The van der Waals surface area contributed by atoms with Crippen molar-refractivity contribution in [3.63, 3.8) is 0 Å². The minimum atomic E-state index is -0.258. The fourth-order valence-electron chi connectivity index (χ4n) is 6.37. The van der Waals surface area contributed by atoms with Crippen LogP contribution in [0.2, 0.25) is 5.02 Å². The van der Waals surface area contributed by atoms with Gasteiger partial charge in [-0.25, -0.2) is 0 Å². The van der Waals surface area contributed by atoms with Gasteiger partial charge in [0.05, 0.1) is 0 Å². The molecule has 4 nitrogen and oxygen atoms in total. The largest absolute Gasteiger partial charge is 0.389 e. The van der Waals surface area contributed by atoms with Crippen LogP contribution in [0.4, 0.5) is 0 Å². The summed E-state index contributed by atoms with van der Waals surface area (Å²) in [6, 6.07) is 9.89. The lowest BCUT2D eigenvalue weighted by atomic mass is 9.48. The maximum Gasteiger partial charge on any atom is 0.263 e. The van der Waals surface area contributed by atoms with Gasteiger partial charge in [-0.15, -0.1) is 0 Å². The number of nitrogens with one attached hydrogen (secondary N) is 2. The lowest BCUT2D eigenvalue weighted by Crippen LogP contribution is -2.56. The Kier molecular flexibility index (Phi) is 5.88. The number of hydrogen-bond donors (Lipinski definition) is 2. The van der Waals surface area contributed by atoms with E-state index in [1.54, 1.807) is 6.20 Å². The van der Waals surface area contributed by atoms with Gasteiger partial charge in [0, 0.05) is 23.8 Å². The molecule has 1 aromatic carbocycles. The van der Waals surface area contributed by atoms with E-state index in [1.165, 1.54) is 38.5 Å². The number of hydrogen-bond acceptors (Lipinski definition) is 3. The van der Waals surface area contributed by atoms with Gasteiger partial charge in [0.1, 0.15) is 11.6 Å². The highest BCUT2D eigenvalue weighted by Gasteiger charge is 2.53. The first-order valence-electron chi connectivity index (χ1n) is 10.9. The maximum absolute atomic E-state index is 12.7. The summed E-state index contributed by atoms with van der Waals surface area (Å²) in [6.45, 7) is 2.79. The molecule has 4 bridgehead atoms. The SMILES string of the molecule is CC(NC(=O)/C(C#N)=C\NCCc1cccc(Cl)c1)C12CC3CC(CC(C3)C1)C2. The van der Waals surface area contributed by atoms with Crippen LogP contribution in [0.1, 0.15) is 51.0 Å². The summed E-state index contributed by atoms with van der Waals surface area (Å²) in [7, 11) is 0. The van der Waals surface area contributed by atoms with Crippen molar-refractivity contribution < 1.29 is 4.79 Å². The van der Waals surface area contributed by atoms with Crippen molar-refractivity contribution in [2.24, 2.45) is 23.2 Å². The highest BCUT2D eigenvalue weighted by molar-refractivity contribution is 6.30. The second-order valence-electron chi connectivity index (χ2n) is 9.48. The molecular formula is C24H30ClN3O. The fraction of sp³-hybridized carbons (Fsp3) is 0.583. The van der Waals surface area contributed by atoms with Crippen LogP contribution >= 0.6 is 11.6 Å². The van der Waals surface area contributed by atoms with Crippen molar-refractivity contribution in [2.45, 2.75) is 57.9 Å². The van der Waals surface area contributed by atoms with E-state index in [9.17, 15) is 10.1 Å². The first-order chi connectivity index (χ1) is 14.0. The Labute approximate surface area is 178 Å². The van der Waals surface area contributed by atoms with Crippen molar-refractivity contribution >= 4 is 17.5 Å². The molecule has 1 amide bonds. The predicted molar refractivity (Wildman–Crippen MR) is 115 cm³/mol. The Bertz CT molecular complexity index is 805. The molecule has 1 unspecified atom stereocenters. The fourth-order valence-corrected chi connectivity index (χ4v) is 6.58. The van der Waals surface area contributed by atoms with Gasteiger partial charge in [0.2, 0.25) is 0 Å². The van der Waals surface area contributed by atoms with Crippen LogP contribution in [0.5, 0.6) is 0 Å². The van der Waals surface area contributed by atoms with E-state index < -0.39 is 0 Å². The quantitative estimate of drug-likeness (QED) is 0.391. The first-order valence-corrected chi connectivity index (χ1v) is 11.2. The number of nitriles is 1. The Morgan fingerprint density at radius 1 is 1.28 bits per heavy atom. The van der Waals surface area contributed by atoms with Crippen LogP contribution in [-0.4, -0.2) is 18.5 Å². The number of carbonyl (C=O) groups is 1. The number of halogens is 1. The number of rotatable bonds is 7. The van der Waals surface area contributed by atoms with Gasteiger partial charge < -0.3 is 10.6 Å². The molecule has 1 aromatic rings. The molecule has 154 valence electrons. The zero-order valence-electron chi connectivity index (χ0n) is 17.1. The minimum Gasteiger partial charge on any atom is -0.389 e. The van der Waals surface area contributed by atoms with Crippen molar-refractivity contribution in [3.8, 4) is 6.07 Å². The van der Waals surface area contributed by atoms with E-state index >= 15 is 0 Å². The van der Waals surface area contributed by atoms with Gasteiger partial charge in [-0.05, 0) is 92.7 Å². The summed E-state index contributed by atoms with van der Waals surface area (Å²) in [5.41, 5.74) is 1.51. The van der Waals surface area contributed by atoms with Gasteiger partial charge in [0.15, 0.2) is 0 Å². The molecule has 29 heavy (non-hydrogen) atoms. The number of amides is 1. The summed E-state index contributed by atoms with van der Waals surface area (Å²) < 4.78 is 0. The Balaban J connectivity index is 1.31. The average molecular weight is 412 g/mol. The van der Waals surface area contributed by atoms with Crippen LogP contribution in [0.3, 0.4) is 0 Å². The van der Waals surface area contributed by atoms with E-state index in [1.807, 2.05) is 24.3 Å². The summed E-state index contributed by atoms with van der Waals surface area (Å²) in [5, 5.41) is 16.4. The van der Waals surface area contributed by atoms with Crippen LogP contribution in [0.15, 0.2) is 36.0 Å². The van der Waals surface area contributed by atoms with Crippen molar-refractivity contribution in [1.82, 2.24) is 10.6 Å². The smallest absolute Gasteiger partial charge is 0.263 e. The second-order valence-corrected chi connectivity index (χ2v) is 9.92. The van der Waals surface area contributed by atoms with Crippen LogP contribution in [-0.2, 0) is 11.2 Å². The molecule has 4 saturated carbocycles. The van der Waals surface area contributed by atoms with E-state index in [0.29, 0.717) is 11.6 Å². The number of nitrogens with zero attached hydrogens (tertiary/aromatic N) is 1. The molecule has 0 aliphatic heterocycles. The molecule has 0 saturated heterocycles. The van der Waals surface area contributed by atoms with Gasteiger partial charge in [-0.3, -0.25) is 4.79 Å². The van der Waals surface area contributed by atoms with Crippen molar-refractivity contribution in [2.75, 3.05) is 6.54 Å². The third-order valence-electron chi connectivity index (χ3n) is 7.41. The highest BCUT2D eigenvalue weighted by atomic mass is 35.5. The Hall–Kier alpha value is -1.99. The Morgan fingerprint density at radius 2 is 1.93 bits per heavy atom. The molecule has 0 radical (unpaired) electrons. The molecule has 1 atom stereocenters. The van der Waals surface area contributed by atoms with E-state index in [4.69, 9.17) is 11.6 Å². The molecule has 4 aliphatic rings. The van der Waals surface area contributed by atoms with Crippen LogP contribution < -0.4 is 10.6 Å². The zero-order chi connectivity index (χ0) is 20.4. The first kappa shape index (κ1) is 20.3. The molecule has 0 aromatic heterocycles. The molecule has 4 fully saturated rings. The highest BCUT2D eigenvalue weighted by Crippen LogP contribution is 2.61. The number of benzene rings is 1. The lowest BCUT2D eigenvalue weighted by molar-refractivity contribution is -0.122. The summed E-state index contributed by atoms with van der Waals surface area (Å²) in [5.74, 6) is 2.28. The molecule has 5 heteroatoms. The molecule has 0 heterocycles. The topological polar surface area (TPSA) is 64.9 Å². The number of carbonyl (C=O) groups excluding carboxylic acids is 1. The lowest BCUT2D eigenvalue weighted by Gasteiger charge is -2.59. The molecular weight excluding hydrogens is 382 g/mol. The average Bonchev–Trinajstić information content (AvgIpc) is 2.67. The molecule has 0 spiro atoms. The van der Waals surface area contributed by atoms with Gasteiger partial charge in [-0.1, -0.05) is 23.7 Å². The third-order valence-corrected chi connectivity index (χ3v) is 7.65.